The summed E-state index contributed by atoms with van der Waals surface area (Å²) in [5, 5.41) is 21.8. The van der Waals surface area contributed by atoms with Crippen molar-refractivity contribution in [2.75, 3.05) is 0 Å². The first-order valence-electron chi connectivity index (χ1n) is 3.90. The number of carboxylic acids is 1. The van der Waals surface area contributed by atoms with Crippen molar-refractivity contribution in [3.63, 3.8) is 0 Å². The van der Waals surface area contributed by atoms with E-state index in [9.17, 15) is 9.90 Å². The fourth-order valence-electron chi connectivity index (χ4n) is 1.12. The van der Waals surface area contributed by atoms with E-state index in [-0.39, 0.29) is 6.42 Å². The molecule has 0 radical (unpaired) electrons. The predicted octanol–water partition coefficient (Wildman–Crippen LogP) is 0.237. The Kier molecular flexibility index (Phi) is 2.67. The quantitative estimate of drug-likeness (QED) is 0.705. The van der Waals surface area contributed by atoms with E-state index in [2.05, 4.69) is 5.10 Å². The molecule has 0 aromatic carbocycles. The van der Waals surface area contributed by atoms with E-state index in [0.29, 0.717) is 5.56 Å². The molecule has 0 saturated carbocycles. The lowest BCUT2D eigenvalue weighted by molar-refractivity contribution is -0.139. The van der Waals surface area contributed by atoms with E-state index in [1.165, 1.54) is 6.20 Å². The molecule has 1 heterocycles. The summed E-state index contributed by atoms with van der Waals surface area (Å²) < 4.78 is 1.60. The predicted molar refractivity (Wildman–Crippen MR) is 45.2 cm³/mol. The summed E-state index contributed by atoms with van der Waals surface area (Å²) in [6.45, 7) is 1.79. The van der Waals surface area contributed by atoms with E-state index in [1.54, 1.807) is 18.7 Å². The van der Waals surface area contributed by atoms with Crippen LogP contribution in [0.25, 0.3) is 0 Å². The van der Waals surface area contributed by atoms with Crippen LogP contribution in [0, 0.1) is 6.92 Å². The number of aromatic nitrogens is 2. The van der Waals surface area contributed by atoms with Gasteiger partial charge in [0, 0.05) is 18.3 Å². The summed E-state index contributed by atoms with van der Waals surface area (Å²) in [7, 11) is 1.74. The van der Waals surface area contributed by atoms with Gasteiger partial charge in [0.25, 0.3) is 0 Å². The Morgan fingerprint density at radius 2 is 2.38 bits per heavy atom. The number of carbonyl (C=O) groups is 1. The third-order valence-corrected chi connectivity index (χ3v) is 2.00. The van der Waals surface area contributed by atoms with Gasteiger partial charge in [-0.15, -0.1) is 0 Å². The topological polar surface area (TPSA) is 75.3 Å². The first-order valence-corrected chi connectivity index (χ1v) is 3.90. The standard InChI is InChI=1S/C8H12N2O3/c1-5-6(4-9-10(5)2)7(11)3-8(12)13/h4,7,11H,3H2,1-2H3,(H,12,13). The molecule has 1 atom stereocenters. The first-order chi connectivity index (χ1) is 6.02. The zero-order valence-electron chi connectivity index (χ0n) is 7.56. The first kappa shape index (κ1) is 9.73. The number of hydrogen-bond donors (Lipinski definition) is 2. The fraction of sp³-hybridized carbons (Fsp3) is 0.500. The largest absolute Gasteiger partial charge is 0.481 e. The van der Waals surface area contributed by atoms with Gasteiger partial charge < -0.3 is 10.2 Å². The number of nitrogens with zero attached hydrogens (tertiary/aromatic N) is 2. The van der Waals surface area contributed by atoms with E-state index >= 15 is 0 Å². The van der Waals surface area contributed by atoms with Crippen molar-refractivity contribution < 1.29 is 15.0 Å². The van der Waals surface area contributed by atoms with E-state index < -0.39 is 12.1 Å². The summed E-state index contributed by atoms with van der Waals surface area (Å²) in [4.78, 5) is 10.3. The number of hydrogen-bond acceptors (Lipinski definition) is 3. The molecule has 0 fully saturated rings. The van der Waals surface area contributed by atoms with Gasteiger partial charge in [-0.1, -0.05) is 0 Å². The molecular formula is C8H12N2O3. The summed E-state index contributed by atoms with van der Waals surface area (Å²) in [6.07, 6.45) is 0.237. The van der Waals surface area contributed by atoms with Gasteiger partial charge in [-0.25, -0.2) is 0 Å². The number of rotatable bonds is 3. The molecule has 1 aromatic rings. The average molecular weight is 184 g/mol. The van der Waals surface area contributed by atoms with Gasteiger partial charge in [-0.2, -0.15) is 5.10 Å². The fourth-order valence-corrected chi connectivity index (χ4v) is 1.12. The average Bonchev–Trinajstić information content (AvgIpc) is 2.31. The van der Waals surface area contributed by atoms with Crippen molar-refractivity contribution in [3.05, 3.63) is 17.5 Å². The summed E-state index contributed by atoms with van der Waals surface area (Å²) in [5.74, 6) is -1.02. The van der Waals surface area contributed by atoms with Crippen LogP contribution in [-0.2, 0) is 11.8 Å². The molecule has 0 aliphatic carbocycles. The molecule has 0 amide bonds. The Morgan fingerprint density at radius 1 is 1.77 bits per heavy atom. The molecule has 1 unspecified atom stereocenters. The minimum atomic E-state index is -1.02. The van der Waals surface area contributed by atoms with Crippen molar-refractivity contribution in [3.8, 4) is 0 Å². The highest BCUT2D eigenvalue weighted by molar-refractivity contribution is 5.67. The zero-order valence-corrected chi connectivity index (χ0v) is 7.56. The lowest BCUT2D eigenvalue weighted by Crippen LogP contribution is -2.06. The minimum absolute atomic E-state index is 0.285. The van der Waals surface area contributed by atoms with Crippen LogP contribution < -0.4 is 0 Å². The normalized spacial score (nSPS) is 12.8. The Morgan fingerprint density at radius 3 is 2.77 bits per heavy atom. The Balaban J connectivity index is 2.82. The van der Waals surface area contributed by atoms with Crippen LogP contribution in [-0.4, -0.2) is 26.0 Å². The second-order valence-corrected chi connectivity index (χ2v) is 2.92. The van der Waals surface area contributed by atoms with Crippen LogP contribution >= 0.6 is 0 Å². The molecule has 0 bridgehead atoms. The van der Waals surface area contributed by atoms with Crippen LogP contribution in [0.5, 0.6) is 0 Å². The van der Waals surface area contributed by atoms with Crippen molar-refractivity contribution in [2.24, 2.45) is 7.05 Å². The lowest BCUT2D eigenvalue weighted by atomic mass is 10.1. The maximum atomic E-state index is 10.3. The Bertz CT molecular complexity index is 319. The third-order valence-electron chi connectivity index (χ3n) is 2.00. The second kappa shape index (κ2) is 3.57. The van der Waals surface area contributed by atoms with Gasteiger partial charge in [0.1, 0.15) is 0 Å². The van der Waals surface area contributed by atoms with Gasteiger partial charge >= 0.3 is 5.97 Å². The van der Waals surface area contributed by atoms with Crippen molar-refractivity contribution in [2.45, 2.75) is 19.4 Å². The number of carboxylic acid groups (broad SMARTS) is 1. The summed E-state index contributed by atoms with van der Waals surface area (Å²) in [6, 6.07) is 0. The van der Waals surface area contributed by atoms with E-state index in [1.807, 2.05) is 0 Å². The zero-order chi connectivity index (χ0) is 10.0. The Labute approximate surface area is 75.6 Å². The SMILES string of the molecule is Cc1c(C(O)CC(=O)O)cnn1C. The monoisotopic (exact) mass is 184 g/mol. The number of aliphatic carboxylic acids is 1. The molecule has 1 rings (SSSR count). The van der Waals surface area contributed by atoms with Gasteiger partial charge in [0.15, 0.2) is 0 Å². The van der Waals surface area contributed by atoms with E-state index in [0.717, 1.165) is 5.69 Å². The highest BCUT2D eigenvalue weighted by Gasteiger charge is 2.16. The second-order valence-electron chi connectivity index (χ2n) is 2.92. The maximum absolute atomic E-state index is 10.3. The highest BCUT2D eigenvalue weighted by Crippen LogP contribution is 2.19. The molecule has 5 nitrogen and oxygen atoms in total. The molecule has 0 spiro atoms. The molecule has 0 aliphatic rings. The summed E-state index contributed by atoms with van der Waals surface area (Å²) >= 11 is 0. The molecule has 72 valence electrons. The molecule has 0 aliphatic heterocycles. The molecule has 5 heteroatoms. The third kappa shape index (κ3) is 2.06. The van der Waals surface area contributed by atoms with Crippen LogP contribution in [0.1, 0.15) is 23.8 Å². The van der Waals surface area contributed by atoms with Crippen molar-refractivity contribution in [1.29, 1.82) is 0 Å². The van der Waals surface area contributed by atoms with Crippen LogP contribution in [0.3, 0.4) is 0 Å². The molecule has 2 N–H and O–H groups in total. The van der Waals surface area contributed by atoms with Crippen molar-refractivity contribution >= 4 is 5.97 Å². The molecule has 0 saturated heterocycles. The van der Waals surface area contributed by atoms with Gasteiger partial charge in [-0.05, 0) is 6.92 Å². The highest BCUT2D eigenvalue weighted by atomic mass is 16.4. The van der Waals surface area contributed by atoms with Gasteiger partial charge in [-0.3, -0.25) is 9.48 Å². The maximum Gasteiger partial charge on any atom is 0.306 e. The van der Waals surface area contributed by atoms with Crippen LogP contribution in [0.15, 0.2) is 6.20 Å². The smallest absolute Gasteiger partial charge is 0.306 e. The minimum Gasteiger partial charge on any atom is -0.481 e. The summed E-state index contributed by atoms with van der Waals surface area (Å²) in [5.41, 5.74) is 1.36. The molecule has 1 aromatic heterocycles. The number of aliphatic hydroxyl groups is 1. The lowest BCUT2D eigenvalue weighted by Gasteiger charge is -2.06. The number of aryl methyl sites for hydroxylation is 1. The van der Waals surface area contributed by atoms with Gasteiger partial charge in [0.05, 0.1) is 18.7 Å². The Hall–Kier alpha value is -1.36. The van der Waals surface area contributed by atoms with Crippen molar-refractivity contribution in [1.82, 2.24) is 9.78 Å². The molecular weight excluding hydrogens is 172 g/mol. The van der Waals surface area contributed by atoms with Crippen LogP contribution in [0.2, 0.25) is 0 Å². The van der Waals surface area contributed by atoms with Gasteiger partial charge in [0.2, 0.25) is 0 Å². The number of aliphatic hydroxyl groups excluding tert-OH is 1. The van der Waals surface area contributed by atoms with Crippen LogP contribution in [0.4, 0.5) is 0 Å². The van der Waals surface area contributed by atoms with E-state index in [4.69, 9.17) is 5.11 Å². The molecule has 13 heavy (non-hydrogen) atoms.